The Bertz CT molecular complexity index is 1430. The summed E-state index contributed by atoms with van der Waals surface area (Å²) >= 11 is 0. The number of carbonyl (C=O) groups excluding carboxylic acids is 4. The first-order chi connectivity index (χ1) is 20.9. The maximum atomic E-state index is 14.2. The molecule has 2 aromatic rings. The molecule has 3 amide bonds. The van der Waals surface area contributed by atoms with Gasteiger partial charge < -0.3 is 29.7 Å². The summed E-state index contributed by atoms with van der Waals surface area (Å²) < 4.78 is 12.7. The molecule has 2 fully saturated rings. The third kappa shape index (κ3) is 5.36. The molecule has 4 aliphatic rings. The molecule has 6 atom stereocenters. The Morgan fingerprint density at radius 1 is 0.953 bits per heavy atom. The average Bonchev–Trinajstić information content (AvgIpc) is 3.40. The van der Waals surface area contributed by atoms with Gasteiger partial charge in [0.05, 0.1) is 25.2 Å². The molecule has 4 heterocycles. The largest absolute Gasteiger partial charge is 0.455 e. The first kappa shape index (κ1) is 28.8. The van der Waals surface area contributed by atoms with E-state index in [1.54, 1.807) is 23.1 Å². The zero-order chi connectivity index (χ0) is 30.0. The van der Waals surface area contributed by atoms with Crippen molar-refractivity contribution in [3.8, 4) is 0 Å². The standard InChI is InChI=1S/C33H35N3O7/c37-19-18-36-29-31(40)35(21-22-10-3-1-4-11-22)17-9-16-33(29)28(30(36)39)27-24(43-33)14-7-8-15-26(38)34-20-25(42-32(27)41)23-12-5-2-6-13-23/h1-7,9-14,16,24-25,27-29,37H,8,15,17-21H2,(H,34,38)/b14-7-/t24-,25+,27+,28+,29-,33+/m1/s1. The Kier molecular flexibility index (Phi) is 8.14. The number of esters is 1. The van der Waals surface area contributed by atoms with Gasteiger partial charge in [-0.2, -0.15) is 0 Å². The zero-order valence-corrected chi connectivity index (χ0v) is 23.7. The number of fused-ring (bicyclic) bond motifs is 2. The van der Waals surface area contributed by atoms with Crippen molar-refractivity contribution >= 4 is 23.7 Å². The van der Waals surface area contributed by atoms with Crippen LogP contribution in [-0.4, -0.2) is 82.6 Å². The van der Waals surface area contributed by atoms with Gasteiger partial charge in [-0.05, 0) is 17.5 Å². The van der Waals surface area contributed by atoms with Crippen molar-refractivity contribution in [2.45, 2.75) is 43.2 Å². The van der Waals surface area contributed by atoms with Crippen LogP contribution in [0.15, 0.2) is 85.0 Å². The van der Waals surface area contributed by atoms with E-state index in [1.807, 2.05) is 66.7 Å². The van der Waals surface area contributed by atoms with E-state index in [-0.39, 0.29) is 37.9 Å². The van der Waals surface area contributed by atoms with Gasteiger partial charge in [-0.1, -0.05) is 85.0 Å². The van der Waals surface area contributed by atoms with Crippen molar-refractivity contribution in [1.82, 2.24) is 15.1 Å². The van der Waals surface area contributed by atoms with Crippen molar-refractivity contribution < 1.29 is 33.8 Å². The van der Waals surface area contributed by atoms with Gasteiger partial charge in [0.15, 0.2) is 0 Å². The molecule has 10 heteroatoms. The minimum Gasteiger partial charge on any atom is -0.455 e. The van der Waals surface area contributed by atoms with Gasteiger partial charge in [0.25, 0.3) is 0 Å². The van der Waals surface area contributed by atoms with E-state index in [1.165, 1.54) is 4.90 Å². The molecule has 0 saturated carbocycles. The van der Waals surface area contributed by atoms with Crippen LogP contribution in [0.5, 0.6) is 0 Å². The van der Waals surface area contributed by atoms with Crippen molar-refractivity contribution in [2.24, 2.45) is 11.8 Å². The van der Waals surface area contributed by atoms with Gasteiger partial charge in [-0.15, -0.1) is 0 Å². The van der Waals surface area contributed by atoms with E-state index in [0.29, 0.717) is 25.1 Å². The maximum absolute atomic E-state index is 14.2. The zero-order valence-electron chi connectivity index (χ0n) is 23.7. The van der Waals surface area contributed by atoms with E-state index in [9.17, 15) is 24.3 Å². The number of aliphatic hydroxyl groups excluding tert-OH is 1. The Hall–Kier alpha value is -4.28. The highest BCUT2D eigenvalue weighted by Gasteiger charge is 2.71. The number of allylic oxidation sites excluding steroid dienone is 1. The summed E-state index contributed by atoms with van der Waals surface area (Å²) in [5.74, 6) is -3.67. The molecule has 0 aliphatic carbocycles. The third-order valence-electron chi connectivity index (χ3n) is 8.68. The van der Waals surface area contributed by atoms with Crippen LogP contribution in [0.25, 0.3) is 0 Å². The summed E-state index contributed by atoms with van der Waals surface area (Å²) in [6.07, 6.45) is 6.05. The van der Waals surface area contributed by atoms with Crippen molar-refractivity contribution in [1.29, 1.82) is 0 Å². The Labute approximate surface area is 249 Å². The summed E-state index contributed by atoms with van der Waals surface area (Å²) in [5.41, 5.74) is 0.196. The third-order valence-corrected chi connectivity index (χ3v) is 8.68. The smallest absolute Gasteiger partial charge is 0.313 e. The Balaban J connectivity index is 1.39. The summed E-state index contributed by atoms with van der Waals surface area (Å²) in [5, 5.41) is 12.8. The summed E-state index contributed by atoms with van der Waals surface area (Å²) in [7, 11) is 0. The highest BCUT2D eigenvalue weighted by molar-refractivity contribution is 5.99. The molecule has 2 saturated heterocycles. The molecule has 0 radical (unpaired) electrons. The summed E-state index contributed by atoms with van der Waals surface area (Å²) in [4.78, 5) is 58.0. The molecule has 0 unspecified atom stereocenters. The number of cyclic esters (lactones) is 1. The number of ether oxygens (including phenoxy) is 2. The van der Waals surface area contributed by atoms with Crippen LogP contribution >= 0.6 is 0 Å². The fourth-order valence-corrected chi connectivity index (χ4v) is 6.75. The van der Waals surface area contributed by atoms with Crippen LogP contribution < -0.4 is 5.32 Å². The van der Waals surface area contributed by atoms with Crippen molar-refractivity contribution in [2.75, 3.05) is 26.2 Å². The molecular weight excluding hydrogens is 550 g/mol. The normalized spacial score (nSPS) is 31.6. The molecule has 2 N–H and O–H groups in total. The van der Waals surface area contributed by atoms with Crippen LogP contribution in [0.3, 0.4) is 0 Å². The quantitative estimate of drug-likeness (QED) is 0.406. The predicted octanol–water partition coefficient (Wildman–Crippen LogP) is 1.91. The molecule has 10 nitrogen and oxygen atoms in total. The molecule has 4 aliphatic heterocycles. The number of nitrogens with one attached hydrogen (secondary N) is 1. The van der Waals surface area contributed by atoms with Crippen LogP contribution in [0.1, 0.15) is 30.1 Å². The lowest BCUT2D eigenvalue weighted by molar-refractivity contribution is -0.160. The number of aliphatic hydroxyl groups is 1. The monoisotopic (exact) mass is 585 g/mol. The van der Waals surface area contributed by atoms with Crippen LogP contribution in [0, 0.1) is 11.8 Å². The minimum atomic E-state index is -1.44. The molecule has 43 heavy (non-hydrogen) atoms. The molecule has 1 spiro atoms. The van der Waals surface area contributed by atoms with Crippen LogP contribution in [-0.2, 0) is 35.2 Å². The summed E-state index contributed by atoms with van der Waals surface area (Å²) in [6.45, 7) is 0.270. The Morgan fingerprint density at radius 2 is 1.70 bits per heavy atom. The fourth-order valence-electron chi connectivity index (χ4n) is 6.75. The van der Waals surface area contributed by atoms with Crippen molar-refractivity contribution in [3.05, 3.63) is 96.1 Å². The number of carbonyl (C=O) groups is 4. The lowest BCUT2D eigenvalue weighted by Crippen LogP contribution is -2.55. The minimum absolute atomic E-state index is 0.0758. The second kappa shape index (κ2) is 12.1. The highest BCUT2D eigenvalue weighted by atomic mass is 16.6. The number of nitrogens with zero attached hydrogens (tertiary/aromatic N) is 2. The van der Waals surface area contributed by atoms with Crippen LogP contribution in [0.2, 0.25) is 0 Å². The van der Waals surface area contributed by atoms with E-state index in [2.05, 4.69) is 5.32 Å². The van der Waals surface area contributed by atoms with Crippen molar-refractivity contribution in [3.63, 3.8) is 0 Å². The van der Waals surface area contributed by atoms with E-state index in [0.717, 1.165) is 5.56 Å². The number of rotatable bonds is 5. The molecule has 0 bridgehead atoms. The lowest BCUT2D eigenvalue weighted by Gasteiger charge is -2.35. The molecule has 2 aromatic carbocycles. The average molecular weight is 586 g/mol. The number of benzene rings is 2. The molecule has 6 rings (SSSR count). The first-order valence-corrected chi connectivity index (χ1v) is 14.7. The van der Waals surface area contributed by atoms with Gasteiger partial charge in [0.1, 0.15) is 23.7 Å². The predicted molar refractivity (Wildman–Crippen MR) is 155 cm³/mol. The maximum Gasteiger partial charge on any atom is 0.313 e. The number of β-amino-alcohol motifs (C(OH)–C–C–N with tert-alkyl or cyclic N) is 1. The van der Waals surface area contributed by atoms with Gasteiger partial charge in [0, 0.05) is 26.1 Å². The van der Waals surface area contributed by atoms with Gasteiger partial charge >= 0.3 is 5.97 Å². The first-order valence-electron chi connectivity index (χ1n) is 14.7. The van der Waals surface area contributed by atoms with Crippen LogP contribution in [0.4, 0.5) is 0 Å². The second-order valence-electron chi connectivity index (χ2n) is 11.3. The lowest BCUT2D eigenvalue weighted by atomic mass is 9.78. The highest BCUT2D eigenvalue weighted by Crippen LogP contribution is 2.53. The van der Waals surface area contributed by atoms with E-state index in [4.69, 9.17) is 9.47 Å². The number of amides is 3. The Morgan fingerprint density at radius 3 is 2.44 bits per heavy atom. The SMILES string of the molecule is O=C1CC/C=C\[C@H]2O[C@]34C=CCN(Cc5ccccc5)C(=O)[C@H]3N(CCO)C(=O)[C@@H]4[C@H]2C(=O)O[C@H](c2ccccc2)CN1. The second-order valence-corrected chi connectivity index (χ2v) is 11.3. The number of hydrogen-bond donors (Lipinski definition) is 2. The van der Waals surface area contributed by atoms with Gasteiger partial charge in [-0.25, -0.2) is 0 Å². The van der Waals surface area contributed by atoms with Gasteiger partial charge in [-0.3, -0.25) is 19.2 Å². The number of likely N-dealkylation sites (tertiary alicyclic amines) is 1. The van der Waals surface area contributed by atoms with E-state index >= 15 is 0 Å². The van der Waals surface area contributed by atoms with Gasteiger partial charge in [0.2, 0.25) is 17.7 Å². The molecular formula is C33H35N3O7. The molecule has 0 aromatic heterocycles. The van der Waals surface area contributed by atoms with E-state index < -0.39 is 47.6 Å². The molecule has 224 valence electrons. The summed E-state index contributed by atoms with van der Waals surface area (Å²) in [6, 6.07) is 17.6. The fraction of sp³-hybridized carbons (Fsp3) is 0.394. The topological polar surface area (TPSA) is 125 Å². The number of hydrogen-bond acceptors (Lipinski definition) is 7.